The van der Waals surface area contributed by atoms with E-state index in [-0.39, 0.29) is 35.1 Å². The van der Waals surface area contributed by atoms with Crippen LogP contribution in [0, 0.1) is 34.4 Å². The molecule has 1 aromatic rings. The van der Waals surface area contributed by atoms with Gasteiger partial charge >= 0.3 is 0 Å². The Morgan fingerprint density at radius 2 is 1.71 bits per heavy atom. The largest absolute Gasteiger partial charge is 0.351 e. The van der Waals surface area contributed by atoms with Crippen LogP contribution in [-0.2, 0) is 20.8 Å². The van der Waals surface area contributed by atoms with Crippen LogP contribution in [0.3, 0.4) is 0 Å². The maximum Gasteiger partial charge on any atom is 0.240 e. The molecule has 0 unspecified atom stereocenters. The molecule has 4 fully saturated rings. The van der Waals surface area contributed by atoms with Crippen molar-refractivity contribution >= 4 is 17.6 Å². The van der Waals surface area contributed by atoms with Crippen molar-refractivity contribution in [1.29, 1.82) is 0 Å². The van der Waals surface area contributed by atoms with Gasteiger partial charge in [0.1, 0.15) is 11.6 Å². The minimum absolute atomic E-state index is 0.00453. The van der Waals surface area contributed by atoms with Gasteiger partial charge in [0, 0.05) is 43.7 Å². The van der Waals surface area contributed by atoms with Crippen LogP contribution in [0.4, 0.5) is 4.39 Å². The Labute approximate surface area is 270 Å². The second-order valence-electron chi connectivity index (χ2n) is 16.0. The zero-order chi connectivity index (χ0) is 32.6. The molecule has 0 bridgehead atoms. The summed E-state index contributed by atoms with van der Waals surface area (Å²) in [5, 5.41) is 6.91. The Hall–Kier alpha value is -2.32. The molecule has 2 N–H and O–H groups in total. The smallest absolute Gasteiger partial charge is 0.240 e. The molecule has 2 aliphatic carbocycles. The van der Waals surface area contributed by atoms with Gasteiger partial charge in [0.15, 0.2) is 0 Å². The molecule has 250 valence electrons. The predicted octanol–water partition coefficient (Wildman–Crippen LogP) is 5.37. The van der Waals surface area contributed by atoms with Gasteiger partial charge in [-0.15, -0.1) is 0 Å². The third kappa shape index (κ3) is 6.88. The first-order valence-electron chi connectivity index (χ1n) is 17.6. The molecule has 45 heavy (non-hydrogen) atoms. The molecule has 1 aromatic carbocycles. The lowest BCUT2D eigenvalue weighted by molar-refractivity contribution is -0.169. The van der Waals surface area contributed by atoms with Crippen LogP contribution in [0.1, 0.15) is 98.0 Å². The van der Waals surface area contributed by atoms with E-state index < -0.39 is 16.9 Å². The van der Waals surface area contributed by atoms with Crippen LogP contribution >= 0.6 is 0 Å². The van der Waals surface area contributed by atoms with Crippen molar-refractivity contribution in [3.63, 3.8) is 0 Å². The van der Waals surface area contributed by atoms with E-state index in [1.54, 1.807) is 12.1 Å². The third-order valence-corrected chi connectivity index (χ3v) is 11.8. The molecule has 2 saturated carbocycles. The van der Waals surface area contributed by atoms with Gasteiger partial charge in [-0.3, -0.25) is 14.4 Å². The summed E-state index contributed by atoms with van der Waals surface area (Å²) in [4.78, 5) is 46.1. The van der Waals surface area contributed by atoms with Gasteiger partial charge in [0.2, 0.25) is 11.8 Å². The fourth-order valence-electron chi connectivity index (χ4n) is 9.48. The van der Waals surface area contributed by atoms with E-state index in [2.05, 4.69) is 29.5 Å². The molecule has 0 spiro atoms. The number of benzene rings is 1. The van der Waals surface area contributed by atoms with Gasteiger partial charge in [0.05, 0.1) is 16.9 Å². The lowest BCUT2D eigenvalue weighted by Gasteiger charge is -2.61. The highest BCUT2D eigenvalue weighted by Gasteiger charge is 2.63. The molecule has 0 aromatic heterocycles. The Morgan fingerprint density at radius 3 is 2.31 bits per heavy atom. The second kappa shape index (κ2) is 13.4. The molecular weight excluding hydrogens is 567 g/mol. The summed E-state index contributed by atoms with van der Waals surface area (Å²) < 4.78 is 13.8. The van der Waals surface area contributed by atoms with Gasteiger partial charge in [0.25, 0.3) is 0 Å². The van der Waals surface area contributed by atoms with Crippen LogP contribution in [0.5, 0.6) is 0 Å². The minimum Gasteiger partial charge on any atom is -0.351 e. The quantitative estimate of drug-likeness (QED) is 0.387. The zero-order valence-electron chi connectivity index (χ0n) is 28.6. The highest BCUT2D eigenvalue weighted by Crippen LogP contribution is 2.52. The van der Waals surface area contributed by atoms with E-state index in [0.29, 0.717) is 56.5 Å². The van der Waals surface area contributed by atoms with Gasteiger partial charge in [-0.05, 0) is 95.9 Å². The molecule has 4 aliphatic rings. The maximum atomic E-state index is 14.4. The molecule has 5 rings (SSSR count). The van der Waals surface area contributed by atoms with Crippen LogP contribution < -0.4 is 10.6 Å². The normalized spacial score (nSPS) is 29.9. The van der Waals surface area contributed by atoms with E-state index in [1.165, 1.54) is 18.6 Å². The predicted molar refractivity (Wildman–Crippen MR) is 176 cm³/mol. The summed E-state index contributed by atoms with van der Waals surface area (Å²) in [7, 11) is 2.13. The van der Waals surface area contributed by atoms with Crippen molar-refractivity contribution in [2.24, 2.45) is 28.6 Å². The zero-order valence-corrected chi connectivity index (χ0v) is 28.6. The molecule has 2 aliphatic heterocycles. The molecule has 2 saturated heterocycles. The number of Topliss-reactive ketones (excluding diaryl/α,β-unsaturated/α-hetero) is 1. The van der Waals surface area contributed by atoms with E-state index in [1.807, 2.05) is 32.6 Å². The number of rotatable bonds is 9. The summed E-state index contributed by atoms with van der Waals surface area (Å²) in [5.41, 5.74) is -0.368. The van der Waals surface area contributed by atoms with Crippen LogP contribution in [0.15, 0.2) is 24.3 Å². The first kappa shape index (κ1) is 34.0. The summed E-state index contributed by atoms with van der Waals surface area (Å²) in [6.45, 7) is 12.9. The van der Waals surface area contributed by atoms with Crippen LogP contribution in [-0.4, -0.2) is 78.2 Å². The number of piperidine rings is 2. The fourth-order valence-corrected chi connectivity index (χ4v) is 9.48. The van der Waals surface area contributed by atoms with Crippen molar-refractivity contribution in [1.82, 2.24) is 20.4 Å². The molecule has 0 radical (unpaired) electrons. The van der Waals surface area contributed by atoms with Gasteiger partial charge in [-0.2, -0.15) is 0 Å². The Kier molecular flexibility index (Phi) is 10.2. The standard InChI is InChI=1S/C37H57FN4O3/c1-7-26-22-37(31(41(6)23-26)25(2)32(37)43)24-39-30(21-27-13-15-29(38)16-14-27)33(44)42-19-17-36(18-20-42,28-11-9-8-10-12-28)34(45)40-35(3,4)5/h13-16,25-26,28,30-31,39H,7-12,17-24H2,1-6H3,(H,40,45)/t25-,26+,30-,31-,37-/m1/s1. The topological polar surface area (TPSA) is 81.8 Å². The first-order chi connectivity index (χ1) is 21.3. The number of hydrogen-bond acceptors (Lipinski definition) is 5. The van der Waals surface area contributed by atoms with Gasteiger partial charge in [-0.25, -0.2) is 4.39 Å². The molecular formula is C37H57FN4O3. The lowest BCUT2D eigenvalue weighted by atomic mass is 9.51. The average Bonchev–Trinajstić information content (AvgIpc) is 3.02. The highest BCUT2D eigenvalue weighted by atomic mass is 19.1. The minimum atomic E-state index is -0.535. The third-order valence-electron chi connectivity index (χ3n) is 11.8. The van der Waals surface area contributed by atoms with Crippen LogP contribution in [0.2, 0.25) is 0 Å². The van der Waals surface area contributed by atoms with Crippen LogP contribution in [0.25, 0.3) is 0 Å². The number of nitrogens with one attached hydrogen (secondary N) is 2. The number of carbonyl (C=O) groups excluding carboxylic acids is 3. The second-order valence-corrected chi connectivity index (χ2v) is 16.0. The number of hydrogen-bond donors (Lipinski definition) is 2. The van der Waals surface area contributed by atoms with Crippen molar-refractivity contribution in [3.05, 3.63) is 35.6 Å². The van der Waals surface area contributed by atoms with E-state index in [0.717, 1.165) is 50.6 Å². The molecule has 5 atom stereocenters. The summed E-state index contributed by atoms with van der Waals surface area (Å²) in [6, 6.07) is 6.02. The molecule has 7 nitrogen and oxygen atoms in total. The molecule has 8 heteroatoms. The van der Waals surface area contributed by atoms with Crippen molar-refractivity contribution in [2.75, 3.05) is 33.2 Å². The Morgan fingerprint density at radius 1 is 1.07 bits per heavy atom. The Bertz CT molecular complexity index is 1220. The van der Waals surface area contributed by atoms with Crippen molar-refractivity contribution < 1.29 is 18.8 Å². The fraction of sp³-hybridized carbons (Fsp3) is 0.757. The van der Waals surface area contributed by atoms with E-state index in [9.17, 15) is 18.8 Å². The molecule has 2 heterocycles. The van der Waals surface area contributed by atoms with Gasteiger partial charge < -0.3 is 20.4 Å². The first-order valence-corrected chi connectivity index (χ1v) is 17.6. The SMILES string of the molecule is CC[C@@H]1CN(C)[C@@H]2[C@@H](C)C(=O)[C@@]2(CN[C@H](Cc2ccc(F)cc2)C(=O)N2CCC(C(=O)NC(C)(C)C)(C3CCCCC3)CC2)C1. The highest BCUT2D eigenvalue weighted by molar-refractivity contribution is 5.95. The Balaban J connectivity index is 1.35. The number of carbonyl (C=O) groups is 3. The number of nitrogens with zero attached hydrogens (tertiary/aromatic N) is 2. The number of likely N-dealkylation sites (tertiary alicyclic amines) is 2. The summed E-state index contributed by atoms with van der Waals surface area (Å²) in [6.07, 6.45) is 9.33. The monoisotopic (exact) mass is 624 g/mol. The summed E-state index contributed by atoms with van der Waals surface area (Å²) >= 11 is 0. The van der Waals surface area contributed by atoms with E-state index in [4.69, 9.17) is 0 Å². The van der Waals surface area contributed by atoms with Crippen molar-refractivity contribution in [3.8, 4) is 0 Å². The maximum absolute atomic E-state index is 14.4. The number of amides is 2. The van der Waals surface area contributed by atoms with Crippen molar-refractivity contribution in [2.45, 2.75) is 116 Å². The summed E-state index contributed by atoms with van der Waals surface area (Å²) in [5.74, 6) is 0.945. The lowest BCUT2D eigenvalue weighted by Crippen LogP contribution is -2.73. The van der Waals surface area contributed by atoms with Gasteiger partial charge in [-0.1, -0.05) is 51.7 Å². The average molecular weight is 625 g/mol. The number of fused-ring (bicyclic) bond motifs is 1. The number of ketones is 1. The number of halogens is 1. The van der Waals surface area contributed by atoms with E-state index >= 15 is 0 Å². The molecule has 2 amide bonds.